The van der Waals surface area contributed by atoms with Gasteiger partial charge in [-0.3, -0.25) is 4.90 Å². The Kier molecular flexibility index (Phi) is 6.74. The van der Waals surface area contributed by atoms with E-state index in [2.05, 4.69) is 19.2 Å². The van der Waals surface area contributed by atoms with Gasteiger partial charge in [-0.15, -0.1) is 0 Å². The molecule has 6 heteroatoms. The number of alkyl halides is 3. The molecule has 0 saturated heterocycles. The fraction of sp³-hybridized carbons (Fsp3) is 0.733. The van der Waals surface area contributed by atoms with Gasteiger partial charge in [0.1, 0.15) is 11.5 Å². The number of halogens is 3. The van der Waals surface area contributed by atoms with Crippen molar-refractivity contribution < 1.29 is 17.6 Å². The van der Waals surface area contributed by atoms with Crippen LogP contribution in [0.25, 0.3) is 0 Å². The monoisotopic (exact) mass is 306 g/mol. The van der Waals surface area contributed by atoms with Crippen molar-refractivity contribution in [1.29, 1.82) is 0 Å². The molecule has 0 aromatic carbocycles. The van der Waals surface area contributed by atoms with Crippen molar-refractivity contribution in [1.82, 2.24) is 10.2 Å². The van der Waals surface area contributed by atoms with E-state index in [1.165, 1.54) is 4.90 Å². The summed E-state index contributed by atoms with van der Waals surface area (Å²) < 4.78 is 43.0. The second kappa shape index (κ2) is 7.84. The molecule has 0 aliphatic carbocycles. The van der Waals surface area contributed by atoms with Crippen LogP contribution in [0.3, 0.4) is 0 Å². The Morgan fingerprint density at radius 3 is 2.52 bits per heavy atom. The van der Waals surface area contributed by atoms with Gasteiger partial charge in [0.15, 0.2) is 0 Å². The lowest BCUT2D eigenvalue weighted by atomic mass is 10.2. The van der Waals surface area contributed by atoms with E-state index in [4.69, 9.17) is 4.42 Å². The minimum atomic E-state index is -4.17. The lowest BCUT2D eigenvalue weighted by Crippen LogP contribution is -2.33. The molecular formula is C15H25F3N2O. The molecule has 0 amide bonds. The zero-order valence-electron chi connectivity index (χ0n) is 13.2. The van der Waals surface area contributed by atoms with Gasteiger partial charge in [0, 0.05) is 12.1 Å². The third kappa shape index (κ3) is 7.00. The molecule has 0 spiro atoms. The highest BCUT2D eigenvalue weighted by Crippen LogP contribution is 2.21. The molecular weight excluding hydrogens is 281 g/mol. The lowest BCUT2D eigenvalue weighted by molar-refractivity contribution is -0.146. The van der Waals surface area contributed by atoms with Gasteiger partial charge >= 0.3 is 6.18 Å². The number of hydrogen-bond acceptors (Lipinski definition) is 3. The van der Waals surface area contributed by atoms with Crippen LogP contribution in [0, 0.1) is 12.8 Å². The largest absolute Gasteiger partial charge is 0.465 e. The van der Waals surface area contributed by atoms with Crippen molar-refractivity contribution in [2.24, 2.45) is 5.92 Å². The van der Waals surface area contributed by atoms with Gasteiger partial charge in [0.05, 0.1) is 13.1 Å². The zero-order chi connectivity index (χ0) is 16.0. The van der Waals surface area contributed by atoms with Gasteiger partial charge in [0.2, 0.25) is 0 Å². The molecule has 1 heterocycles. The van der Waals surface area contributed by atoms with Gasteiger partial charge in [-0.1, -0.05) is 20.8 Å². The second-order valence-electron chi connectivity index (χ2n) is 5.74. The summed E-state index contributed by atoms with van der Waals surface area (Å²) in [6, 6.07) is 1.85. The van der Waals surface area contributed by atoms with E-state index in [-0.39, 0.29) is 6.54 Å². The van der Waals surface area contributed by atoms with E-state index in [0.717, 1.165) is 17.9 Å². The number of hydrogen-bond donors (Lipinski definition) is 1. The van der Waals surface area contributed by atoms with Crippen molar-refractivity contribution >= 4 is 0 Å². The first kappa shape index (κ1) is 18.0. The highest BCUT2D eigenvalue weighted by atomic mass is 19.4. The molecule has 1 aromatic rings. The summed E-state index contributed by atoms with van der Waals surface area (Å²) in [7, 11) is 0. The zero-order valence-corrected chi connectivity index (χ0v) is 13.2. The number of furan rings is 1. The van der Waals surface area contributed by atoms with Crippen molar-refractivity contribution in [3.63, 3.8) is 0 Å². The lowest BCUT2D eigenvalue weighted by Gasteiger charge is -2.21. The number of nitrogens with zero attached hydrogens (tertiary/aromatic N) is 1. The molecule has 0 bridgehead atoms. The molecule has 0 aliphatic heterocycles. The van der Waals surface area contributed by atoms with Crippen LogP contribution in [-0.4, -0.2) is 30.7 Å². The minimum absolute atomic E-state index is 0.259. The molecule has 0 fully saturated rings. The summed E-state index contributed by atoms with van der Waals surface area (Å²) >= 11 is 0. The summed E-state index contributed by atoms with van der Waals surface area (Å²) in [5.74, 6) is 2.01. The minimum Gasteiger partial charge on any atom is -0.465 e. The van der Waals surface area contributed by atoms with E-state index in [1.807, 2.05) is 6.07 Å². The third-order valence-electron chi connectivity index (χ3n) is 3.17. The average molecular weight is 306 g/mol. The Bertz CT molecular complexity index is 427. The van der Waals surface area contributed by atoms with Crippen LogP contribution < -0.4 is 5.32 Å². The molecule has 21 heavy (non-hydrogen) atoms. The summed E-state index contributed by atoms with van der Waals surface area (Å²) in [6.07, 6.45) is -4.17. The maximum Gasteiger partial charge on any atom is 0.401 e. The molecule has 0 radical (unpaired) electrons. The number of aryl methyl sites for hydroxylation is 1. The summed E-state index contributed by atoms with van der Waals surface area (Å²) in [5.41, 5.74) is 0.822. The molecule has 0 saturated carbocycles. The molecule has 122 valence electrons. The van der Waals surface area contributed by atoms with Gasteiger partial charge in [0.25, 0.3) is 0 Å². The van der Waals surface area contributed by atoms with E-state index in [0.29, 0.717) is 24.8 Å². The van der Waals surface area contributed by atoms with Crippen LogP contribution in [0.5, 0.6) is 0 Å². The van der Waals surface area contributed by atoms with Crippen molar-refractivity contribution in [2.45, 2.75) is 47.0 Å². The maximum atomic E-state index is 12.5. The molecule has 0 aliphatic rings. The van der Waals surface area contributed by atoms with Gasteiger partial charge in [-0.25, -0.2) is 0 Å². The van der Waals surface area contributed by atoms with E-state index < -0.39 is 12.7 Å². The smallest absolute Gasteiger partial charge is 0.401 e. The Balaban J connectivity index is 2.60. The summed E-state index contributed by atoms with van der Waals surface area (Å²) in [6.45, 7) is 8.95. The van der Waals surface area contributed by atoms with Gasteiger partial charge < -0.3 is 9.73 Å². The van der Waals surface area contributed by atoms with Crippen LogP contribution in [0.2, 0.25) is 0 Å². The van der Waals surface area contributed by atoms with E-state index in [1.54, 1.807) is 13.8 Å². The Morgan fingerprint density at radius 2 is 2.00 bits per heavy atom. The van der Waals surface area contributed by atoms with Gasteiger partial charge in [-0.2, -0.15) is 13.2 Å². The predicted octanol–water partition coefficient (Wildman–Crippen LogP) is 3.72. The Hall–Kier alpha value is -1.01. The quantitative estimate of drug-likeness (QED) is 0.793. The molecule has 1 aromatic heterocycles. The fourth-order valence-corrected chi connectivity index (χ4v) is 2.09. The van der Waals surface area contributed by atoms with E-state index >= 15 is 0 Å². The average Bonchev–Trinajstić information content (AvgIpc) is 2.67. The summed E-state index contributed by atoms with van der Waals surface area (Å²) in [4.78, 5) is 1.36. The normalized spacial score (nSPS) is 12.6. The van der Waals surface area contributed by atoms with Crippen LogP contribution in [-0.2, 0) is 13.1 Å². The first-order valence-corrected chi connectivity index (χ1v) is 7.29. The van der Waals surface area contributed by atoms with Crippen LogP contribution in [0.15, 0.2) is 10.5 Å². The first-order valence-electron chi connectivity index (χ1n) is 7.29. The SMILES string of the molecule is CCN(Cc1cc(CNCC(C)C)oc1C)CC(F)(F)F. The number of rotatable bonds is 8. The first-order chi connectivity index (χ1) is 9.71. The van der Waals surface area contributed by atoms with Crippen molar-refractivity contribution in [3.8, 4) is 0 Å². The Morgan fingerprint density at radius 1 is 1.33 bits per heavy atom. The van der Waals surface area contributed by atoms with Crippen molar-refractivity contribution in [2.75, 3.05) is 19.6 Å². The molecule has 0 atom stereocenters. The Labute approximate surface area is 124 Å². The molecule has 1 rings (SSSR count). The standard InChI is InChI=1S/C15H25F3N2O/c1-5-20(10-15(16,17)18)9-13-6-14(21-12(13)4)8-19-7-11(2)3/h6,11,19H,5,7-10H2,1-4H3. The van der Waals surface area contributed by atoms with Crippen molar-refractivity contribution in [3.05, 3.63) is 23.2 Å². The highest BCUT2D eigenvalue weighted by Gasteiger charge is 2.30. The van der Waals surface area contributed by atoms with E-state index in [9.17, 15) is 13.2 Å². The molecule has 3 nitrogen and oxygen atoms in total. The maximum absolute atomic E-state index is 12.5. The van der Waals surface area contributed by atoms with Crippen LogP contribution in [0.1, 0.15) is 37.9 Å². The molecule has 1 N–H and O–H groups in total. The van der Waals surface area contributed by atoms with Gasteiger partial charge in [-0.05, 0) is 32.0 Å². The van der Waals surface area contributed by atoms with Crippen LogP contribution >= 0.6 is 0 Å². The summed E-state index contributed by atoms with van der Waals surface area (Å²) in [5, 5.41) is 3.26. The number of nitrogens with one attached hydrogen (secondary N) is 1. The van der Waals surface area contributed by atoms with Crippen LogP contribution in [0.4, 0.5) is 13.2 Å². The molecule has 0 unspecified atom stereocenters. The second-order valence-corrected chi connectivity index (χ2v) is 5.74. The topological polar surface area (TPSA) is 28.4 Å². The highest BCUT2D eigenvalue weighted by molar-refractivity contribution is 5.20. The third-order valence-corrected chi connectivity index (χ3v) is 3.17. The predicted molar refractivity (Wildman–Crippen MR) is 77.0 cm³/mol. The fourth-order valence-electron chi connectivity index (χ4n) is 2.09.